The third-order valence-corrected chi connectivity index (χ3v) is 7.40. The Balaban J connectivity index is 1.49. The third-order valence-electron chi connectivity index (χ3n) is 7.40. The summed E-state index contributed by atoms with van der Waals surface area (Å²) in [6.07, 6.45) is 0.812. The van der Waals surface area contributed by atoms with Gasteiger partial charge in [0.05, 0.1) is 29.9 Å². The lowest BCUT2D eigenvalue weighted by molar-refractivity contribution is -0.162. The van der Waals surface area contributed by atoms with Crippen LogP contribution in [0.1, 0.15) is 27.0 Å². The number of benzene rings is 3. The van der Waals surface area contributed by atoms with Crippen LogP contribution in [0.2, 0.25) is 0 Å². The van der Waals surface area contributed by atoms with E-state index in [-0.39, 0.29) is 36.8 Å². The lowest BCUT2D eigenvalue weighted by Crippen LogP contribution is -2.81. The third kappa shape index (κ3) is 4.86. The second-order valence-corrected chi connectivity index (χ2v) is 9.86. The topological polar surface area (TPSA) is 73.0 Å². The molecule has 11 heteroatoms. The molecule has 0 atom stereocenters. The molecule has 0 bridgehead atoms. The standard InChI is InChI=1S/C30H24F4N4O3/c1-3-19-10-13-25(23(31)14-19)37-16-26(39)38(15-20-8-11-21(12-9-20)30(32,33)34)29(28(37)41)17-36(18-29)27(40)22-6-4-5-7-24(22)35-2/h1,4-14,35H,15-18H2,2H3. The predicted molar refractivity (Wildman–Crippen MR) is 143 cm³/mol. The Bertz CT molecular complexity index is 1570. The van der Waals surface area contributed by atoms with Crippen molar-refractivity contribution in [2.45, 2.75) is 18.3 Å². The number of para-hydroxylation sites is 1. The maximum absolute atomic E-state index is 15.0. The molecule has 2 aliphatic rings. The van der Waals surface area contributed by atoms with E-state index in [1.54, 1.807) is 31.3 Å². The van der Waals surface area contributed by atoms with Gasteiger partial charge < -0.3 is 15.1 Å². The first kappa shape index (κ1) is 27.7. The van der Waals surface area contributed by atoms with E-state index in [1.165, 1.54) is 34.1 Å². The number of piperazine rings is 1. The van der Waals surface area contributed by atoms with Crippen LogP contribution in [0.15, 0.2) is 66.7 Å². The van der Waals surface area contributed by atoms with Gasteiger partial charge in [-0.25, -0.2) is 4.39 Å². The van der Waals surface area contributed by atoms with Crippen molar-refractivity contribution in [1.82, 2.24) is 9.80 Å². The zero-order valence-electron chi connectivity index (χ0n) is 21.8. The van der Waals surface area contributed by atoms with Crippen molar-refractivity contribution in [2.75, 3.05) is 36.9 Å². The first-order chi connectivity index (χ1) is 19.5. The van der Waals surface area contributed by atoms with E-state index in [9.17, 15) is 27.6 Å². The number of alkyl halides is 3. The zero-order chi connectivity index (χ0) is 29.5. The van der Waals surface area contributed by atoms with E-state index in [0.717, 1.165) is 23.1 Å². The van der Waals surface area contributed by atoms with E-state index in [4.69, 9.17) is 6.42 Å². The van der Waals surface area contributed by atoms with Gasteiger partial charge in [-0.15, -0.1) is 6.42 Å². The predicted octanol–water partition coefficient (Wildman–Crippen LogP) is 4.14. The van der Waals surface area contributed by atoms with E-state index in [0.29, 0.717) is 16.8 Å². The van der Waals surface area contributed by atoms with E-state index < -0.39 is 41.5 Å². The van der Waals surface area contributed by atoms with E-state index in [2.05, 4.69) is 11.2 Å². The molecule has 1 spiro atoms. The van der Waals surface area contributed by atoms with Crippen LogP contribution >= 0.6 is 0 Å². The molecule has 5 rings (SSSR count). The number of rotatable bonds is 5. The van der Waals surface area contributed by atoms with Gasteiger partial charge in [0.25, 0.3) is 11.8 Å². The molecule has 210 valence electrons. The van der Waals surface area contributed by atoms with Gasteiger partial charge in [0.1, 0.15) is 12.4 Å². The average molecular weight is 565 g/mol. The molecule has 2 heterocycles. The SMILES string of the molecule is C#Cc1ccc(N2CC(=O)N(Cc3ccc(C(F)(F)F)cc3)C3(CN(C(=O)c4ccccc4NC)C3)C2=O)c(F)c1. The van der Waals surface area contributed by atoms with Gasteiger partial charge in [-0.2, -0.15) is 13.2 Å². The molecule has 2 fully saturated rings. The minimum absolute atomic E-state index is 0.138. The van der Waals surface area contributed by atoms with Crippen LogP contribution in [0.5, 0.6) is 0 Å². The van der Waals surface area contributed by atoms with Crippen molar-refractivity contribution in [3.63, 3.8) is 0 Å². The fraction of sp³-hybridized carbons (Fsp3) is 0.233. The maximum Gasteiger partial charge on any atom is 0.416 e. The number of nitrogens with one attached hydrogen (secondary N) is 1. The molecule has 0 saturated carbocycles. The summed E-state index contributed by atoms with van der Waals surface area (Å²) in [5.74, 6) is -0.0151. The molecule has 1 N–H and O–H groups in total. The van der Waals surface area contributed by atoms with Crippen LogP contribution in [-0.2, 0) is 22.3 Å². The van der Waals surface area contributed by atoms with Crippen LogP contribution < -0.4 is 10.2 Å². The van der Waals surface area contributed by atoms with Crippen molar-refractivity contribution in [3.05, 3.63) is 94.8 Å². The quantitative estimate of drug-likeness (QED) is 0.374. The van der Waals surface area contributed by atoms with Gasteiger partial charge in [-0.05, 0) is 48.0 Å². The highest BCUT2D eigenvalue weighted by atomic mass is 19.4. The zero-order valence-corrected chi connectivity index (χ0v) is 21.8. The van der Waals surface area contributed by atoms with Crippen molar-refractivity contribution < 1.29 is 31.9 Å². The molecule has 0 aromatic heterocycles. The van der Waals surface area contributed by atoms with Gasteiger partial charge >= 0.3 is 6.18 Å². The molecule has 2 saturated heterocycles. The smallest absolute Gasteiger partial charge is 0.387 e. The van der Waals surface area contributed by atoms with Crippen LogP contribution in [0.25, 0.3) is 0 Å². The van der Waals surface area contributed by atoms with Crippen LogP contribution in [-0.4, -0.2) is 59.7 Å². The molecule has 0 radical (unpaired) electrons. The molecule has 3 aromatic rings. The maximum atomic E-state index is 15.0. The summed E-state index contributed by atoms with van der Waals surface area (Å²) in [4.78, 5) is 44.6. The molecule has 41 heavy (non-hydrogen) atoms. The van der Waals surface area contributed by atoms with Crippen molar-refractivity contribution in [1.29, 1.82) is 0 Å². The fourth-order valence-corrected chi connectivity index (χ4v) is 5.22. The summed E-state index contributed by atoms with van der Waals surface area (Å²) in [6, 6.07) is 14.9. The Morgan fingerprint density at radius 2 is 1.73 bits per heavy atom. The number of nitrogens with zero attached hydrogens (tertiary/aromatic N) is 3. The van der Waals surface area contributed by atoms with Crippen LogP contribution in [0.3, 0.4) is 0 Å². The van der Waals surface area contributed by atoms with Crippen LogP contribution in [0.4, 0.5) is 28.9 Å². The Morgan fingerprint density at radius 1 is 1.05 bits per heavy atom. The Morgan fingerprint density at radius 3 is 2.34 bits per heavy atom. The van der Waals surface area contributed by atoms with Crippen molar-refractivity contribution in [2.24, 2.45) is 0 Å². The van der Waals surface area contributed by atoms with Gasteiger partial charge in [0.2, 0.25) is 5.91 Å². The summed E-state index contributed by atoms with van der Waals surface area (Å²) in [6.45, 7) is -1.04. The highest BCUT2D eigenvalue weighted by molar-refractivity contribution is 6.11. The van der Waals surface area contributed by atoms with E-state index >= 15 is 4.39 Å². The summed E-state index contributed by atoms with van der Waals surface area (Å²) in [7, 11) is 1.66. The highest BCUT2D eigenvalue weighted by Crippen LogP contribution is 2.39. The normalized spacial score (nSPS) is 16.4. The van der Waals surface area contributed by atoms with Gasteiger partial charge in [0.15, 0.2) is 5.54 Å². The number of hydrogen-bond donors (Lipinski definition) is 1. The van der Waals surface area contributed by atoms with Gasteiger partial charge in [0, 0.05) is 24.8 Å². The molecular formula is C30H24F4N4O3. The molecular weight excluding hydrogens is 540 g/mol. The number of amides is 3. The van der Waals surface area contributed by atoms with Gasteiger partial charge in [-0.3, -0.25) is 19.3 Å². The highest BCUT2D eigenvalue weighted by Gasteiger charge is 2.61. The second kappa shape index (κ2) is 10.3. The minimum Gasteiger partial charge on any atom is -0.387 e. The largest absolute Gasteiger partial charge is 0.416 e. The monoisotopic (exact) mass is 564 g/mol. The summed E-state index contributed by atoms with van der Waals surface area (Å²) < 4.78 is 54.2. The number of likely N-dealkylation sites (tertiary alicyclic amines) is 1. The average Bonchev–Trinajstić information content (AvgIpc) is 2.93. The summed E-state index contributed by atoms with van der Waals surface area (Å²) >= 11 is 0. The summed E-state index contributed by atoms with van der Waals surface area (Å²) in [5, 5.41) is 2.94. The molecule has 3 aromatic carbocycles. The van der Waals surface area contributed by atoms with Crippen molar-refractivity contribution in [3.8, 4) is 12.3 Å². The summed E-state index contributed by atoms with van der Waals surface area (Å²) in [5.41, 5.74) is -0.991. The number of carbonyl (C=O) groups is 3. The molecule has 3 amide bonds. The molecule has 0 unspecified atom stereocenters. The first-order valence-corrected chi connectivity index (χ1v) is 12.6. The second-order valence-electron chi connectivity index (χ2n) is 9.86. The number of anilines is 2. The minimum atomic E-state index is -4.53. The van der Waals surface area contributed by atoms with Gasteiger partial charge in [-0.1, -0.05) is 30.2 Å². The molecule has 2 aliphatic heterocycles. The van der Waals surface area contributed by atoms with E-state index in [1.807, 2.05) is 0 Å². The Labute approximate surface area is 233 Å². The van der Waals surface area contributed by atoms with Crippen molar-refractivity contribution >= 4 is 29.1 Å². The lowest BCUT2D eigenvalue weighted by Gasteiger charge is -2.58. The Hall–Kier alpha value is -4.85. The molecule has 0 aliphatic carbocycles. The number of hydrogen-bond acceptors (Lipinski definition) is 4. The number of terminal acetylenes is 1. The lowest BCUT2D eigenvalue weighted by atomic mass is 9.82. The number of halogens is 4. The fourth-order valence-electron chi connectivity index (χ4n) is 5.22. The number of carbonyl (C=O) groups excluding carboxylic acids is 3. The van der Waals surface area contributed by atoms with Crippen LogP contribution in [0, 0.1) is 18.2 Å². The molecule has 7 nitrogen and oxygen atoms in total. The first-order valence-electron chi connectivity index (χ1n) is 12.6. The Kier molecular flexibility index (Phi) is 6.95.